The van der Waals surface area contributed by atoms with Gasteiger partial charge in [0.2, 0.25) is 0 Å². The van der Waals surface area contributed by atoms with Gasteiger partial charge in [0.1, 0.15) is 5.75 Å². The van der Waals surface area contributed by atoms with Crippen LogP contribution in [0.1, 0.15) is 48.5 Å². The van der Waals surface area contributed by atoms with E-state index >= 15 is 0 Å². The topological polar surface area (TPSA) is 18.5 Å². The fraction of sp³-hybridized carbons (Fsp3) is 0.667. The van der Waals surface area contributed by atoms with Crippen molar-refractivity contribution in [2.75, 3.05) is 6.61 Å². The molecule has 0 aliphatic rings. The minimum Gasteiger partial charge on any atom is -0.520 e. The lowest BCUT2D eigenvalue weighted by atomic mass is 10.00. The molecule has 0 saturated heterocycles. The summed E-state index contributed by atoms with van der Waals surface area (Å²) < 4.78 is 12.8. The summed E-state index contributed by atoms with van der Waals surface area (Å²) in [5, 5.41) is 0. The molecular weight excluding hydrogens is 276 g/mol. The molecule has 0 aliphatic heterocycles. The quantitative estimate of drug-likeness (QED) is 0.633. The first kappa shape index (κ1) is 18.2. The van der Waals surface area contributed by atoms with Crippen LogP contribution in [-0.4, -0.2) is 15.2 Å². The fourth-order valence-electron chi connectivity index (χ4n) is 2.85. The zero-order valence-electron chi connectivity index (χ0n) is 14.8. The van der Waals surface area contributed by atoms with Gasteiger partial charge >= 0.3 is 8.56 Å². The van der Waals surface area contributed by atoms with E-state index in [0.717, 1.165) is 17.8 Å². The largest absolute Gasteiger partial charge is 0.520 e. The molecule has 0 amide bonds. The van der Waals surface area contributed by atoms with Gasteiger partial charge in [-0.1, -0.05) is 59.7 Å². The standard InChI is InChI=1S/C18H32O2Si/c1-8-19-21(14-17(2,3)4,15-18(5,6)7)20-16-12-10-9-11-13-16/h9-13H,8,14-15H2,1-7H3. The number of benzene rings is 1. The monoisotopic (exact) mass is 308 g/mol. The minimum absolute atomic E-state index is 0.196. The molecule has 2 nitrogen and oxygen atoms in total. The van der Waals surface area contributed by atoms with Gasteiger partial charge in [-0.05, 0) is 29.9 Å². The van der Waals surface area contributed by atoms with Gasteiger partial charge in [-0.15, -0.1) is 0 Å². The molecule has 0 saturated carbocycles. The molecule has 1 aromatic carbocycles. The Kier molecular flexibility index (Phi) is 6.06. The lowest BCUT2D eigenvalue weighted by Gasteiger charge is -2.39. The molecule has 0 aromatic heterocycles. The van der Waals surface area contributed by atoms with Gasteiger partial charge in [-0.25, -0.2) is 0 Å². The fourth-order valence-corrected chi connectivity index (χ4v) is 7.70. The average molecular weight is 309 g/mol. The molecule has 0 aliphatic carbocycles. The van der Waals surface area contributed by atoms with Gasteiger partial charge in [0.25, 0.3) is 0 Å². The highest BCUT2D eigenvalue weighted by atomic mass is 28.4. The summed E-state index contributed by atoms with van der Waals surface area (Å²) in [5.41, 5.74) is 0.392. The van der Waals surface area contributed by atoms with Gasteiger partial charge in [0, 0.05) is 18.7 Å². The third-order valence-corrected chi connectivity index (χ3v) is 7.67. The second-order valence-corrected chi connectivity index (χ2v) is 11.3. The summed E-state index contributed by atoms with van der Waals surface area (Å²) in [6, 6.07) is 12.1. The van der Waals surface area contributed by atoms with E-state index in [0.29, 0.717) is 6.61 Å². The van der Waals surface area contributed by atoms with Gasteiger partial charge in [-0.3, -0.25) is 0 Å². The van der Waals surface area contributed by atoms with E-state index in [2.05, 4.69) is 48.5 Å². The minimum atomic E-state index is -2.31. The Balaban J connectivity index is 3.10. The second kappa shape index (κ2) is 6.97. The molecule has 0 fully saturated rings. The van der Waals surface area contributed by atoms with Gasteiger partial charge in [0.05, 0.1) is 0 Å². The van der Waals surface area contributed by atoms with Crippen molar-refractivity contribution in [1.29, 1.82) is 0 Å². The van der Waals surface area contributed by atoms with E-state index in [9.17, 15) is 0 Å². The van der Waals surface area contributed by atoms with Gasteiger partial charge in [-0.2, -0.15) is 0 Å². The van der Waals surface area contributed by atoms with E-state index in [1.807, 2.05) is 30.3 Å². The van der Waals surface area contributed by atoms with Crippen LogP contribution in [0.2, 0.25) is 12.1 Å². The van der Waals surface area contributed by atoms with Crippen molar-refractivity contribution >= 4 is 8.56 Å². The molecule has 21 heavy (non-hydrogen) atoms. The highest BCUT2D eigenvalue weighted by Crippen LogP contribution is 2.38. The normalized spacial score (nSPS) is 13.3. The molecule has 120 valence electrons. The maximum atomic E-state index is 6.51. The molecule has 3 heteroatoms. The number of para-hydroxylation sites is 1. The molecule has 1 aromatic rings. The summed E-state index contributed by atoms with van der Waals surface area (Å²) in [6.07, 6.45) is 0. The molecule has 0 bridgehead atoms. The van der Waals surface area contributed by atoms with Gasteiger partial charge < -0.3 is 8.85 Å². The molecule has 0 spiro atoms. The van der Waals surface area contributed by atoms with Crippen molar-refractivity contribution in [2.24, 2.45) is 10.8 Å². The molecule has 0 atom stereocenters. The number of hydrogen-bond acceptors (Lipinski definition) is 2. The van der Waals surface area contributed by atoms with E-state index in [-0.39, 0.29) is 10.8 Å². The molecule has 0 heterocycles. The summed E-state index contributed by atoms with van der Waals surface area (Å²) in [5.74, 6) is 0.936. The maximum Gasteiger partial charge on any atom is 0.399 e. The number of hydrogen-bond donors (Lipinski definition) is 0. The summed E-state index contributed by atoms with van der Waals surface area (Å²) >= 11 is 0. The van der Waals surface area contributed by atoms with E-state index < -0.39 is 8.56 Å². The van der Waals surface area contributed by atoms with Crippen molar-refractivity contribution in [1.82, 2.24) is 0 Å². The molecular formula is C18H32O2Si. The van der Waals surface area contributed by atoms with Crippen molar-refractivity contribution in [3.63, 3.8) is 0 Å². The Morgan fingerprint density at radius 3 is 1.71 bits per heavy atom. The van der Waals surface area contributed by atoms with Crippen LogP contribution < -0.4 is 4.43 Å². The zero-order chi connectivity index (χ0) is 16.1. The summed E-state index contributed by atoms with van der Waals surface area (Å²) in [6.45, 7) is 16.4. The first-order valence-electron chi connectivity index (χ1n) is 7.93. The van der Waals surface area contributed by atoms with Crippen LogP contribution in [0.15, 0.2) is 30.3 Å². The molecule has 0 N–H and O–H groups in total. The lowest BCUT2D eigenvalue weighted by molar-refractivity contribution is 0.218. The Labute approximate surface area is 132 Å². The van der Waals surface area contributed by atoms with Crippen LogP contribution in [0.25, 0.3) is 0 Å². The van der Waals surface area contributed by atoms with Crippen molar-refractivity contribution in [2.45, 2.75) is 60.6 Å². The Bertz CT molecular complexity index is 399. The Morgan fingerprint density at radius 1 is 0.857 bits per heavy atom. The van der Waals surface area contributed by atoms with Crippen LogP contribution in [0.4, 0.5) is 0 Å². The van der Waals surface area contributed by atoms with Crippen molar-refractivity contribution in [3.05, 3.63) is 30.3 Å². The molecule has 1 rings (SSSR count). The zero-order valence-corrected chi connectivity index (χ0v) is 15.8. The lowest BCUT2D eigenvalue weighted by Crippen LogP contribution is -2.50. The third kappa shape index (κ3) is 7.14. The Hall–Kier alpha value is -0.803. The average Bonchev–Trinajstić information content (AvgIpc) is 2.25. The number of rotatable bonds is 6. The van der Waals surface area contributed by atoms with Crippen molar-refractivity contribution in [3.8, 4) is 5.75 Å². The predicted molar refractivity (Wildman–Crippen MR) is 93.0 cm³/mol. The summed E-state index contributed by atoms with van der Waals surface area (Å²) in [7, 11) is -2.31. The predicted octanol–water partition coefficient (Wildman–Crippen LogP) is 5.64. The highest BCUT2D eigenvalue weighted by molar-refractivity contribution is 6.68. The smallest absolute Gasteiger partial charge is 0.399 e. The van der Waals surface area contributed by atoms with Gasteiger partial charge in [0.15, 0.2) is 0 Å². The molecule has 0 radical (unpaired) electrons. The first-order chi connectivity index (χ1) is 9.55. The highest BCUT2D eigenvalue weighted by Gasteiger charge is 2.46. The van der Waals surface area contributed by atoms with E-state index in [4.69, 9.17) is 8.85 Å². The summed E-state index contributed by atoms with van der Waals surface area (Å²) in [4.78, 5) is 0. The SMILES string of the molecule is CCO[Si](CC(C)(C)C)(CC(C)(C)C)Oc1ccccc1. The molecule has 0 unspecified atom stereocenters. The van der Waals surface area contributed by atoms with Crippen LogP contribution in [-0.2, 0) is 4.43 Å². The Morgan fingerprint density at radius 2 is 1.33 bits per heavy atom. The van der Waals surface area contributed by atoms with E-state index in [1.54, 1.807) is 0 Å². The van der Waals surface area contributed by atoms with Crippen molar-refractivity contribution < 1.29 is 8.85 Å². The van der Waals surface area contributed by atoms with E-state index in [1.165, 1.54) is 0 Å². The van der Waals surface area contributed by atoms with Crippen LogP contribution in [0.5, 0.6) is 5.75 Å². The van der Waals surface area contributed by atoms with Crippen LogP contribution >= 0.6 is 0 Å². The van der Waals surface area contributed by atoms with Crippen LogP contribution in [0.3, 0.4) is 0 Å². The first-order valence-corrected chi connectivity index (χ1v) is 10.2. The second-order valence-electron chi connectivity index (χ2n) is 8.23. The third-order valence-electron chi connectivity index (χ3n) is 3.05. The maximum absolute atomic E-state index is 6.51. The van der Waals surface area contributed by atoms with Crippen LogP contribution in [0, 0.1) is 10.8 Å².